The first-order valence-electron chi connectivity index (χ1n) is 10.8. The van der Waals surface area contributed by atoms with Crippen LogP contribution in [0.4, 0.5) is 0 Å². The number of para-hydroxylation sites is 1. The third-order valence-corrected chi connectivity index (χ3v) is 6.36. The maximum Gasteiger partial charge on any atom is 0.260 e. The highest BCUT2D eigenvalue weighted by Gasteiger charge is 2.53. The van der Waals surface area contributed by atoms with Gasteiger partial charge >= 0.3 is 0 Å². The summed E-state index contributed by atoms with van der Waals surface area (Å²) < 4.78 is 11.7. The molecule has 1 spiro atoms. The number of carbonyl (C=O) groups is 2. The number of amides is 2. The summed E-state index contributed by atoms with van der Waals surface area (Å²) in [6.45, 7) is 2.75. The first-order chi connectivity index (χ1) is 15.0. The van der Waals surface area contributed by atoms with E-state index in [1.54, 1.807) is 42.6 Å². The summed E-state index contributed by atoms with van der Waals surface area (Å²) in [4.78, 5) is 32.7. The van der Waals surface area contributed by atoms with Crippen molar-refractivity contribution in [1.82, 2.24) is 15.2 Å². The number of nitrogens with one attached hydrogen (secondary N) is 1. The second-order valence-corrected chi connectivity index (χ2v) is 8.41. The molecule has 1 aliphatic carbocycles. The summed E-state index contributed by atoms with van der Waals surface area (Å²) >= 11 is 0. The van der Waals surface area contributed by atoms with Crippen LogP contribution in [0.5, 0.6) is 5.75 Å². The fourth-order valence-corrected chi connectivity index (χ4v) is 4.54. The standard InChI is InChI=1S/C24H29N3O4/c1-17-9-11-24(12-10-17)27(23(29)19-7-3-4-8-21(19)30-2)20(16-31-24)22(28)26-15-18-6-5-13-25-14-18/h3-8,13-14,17,20H,9-12,15-16H2,1-2H3,(H,26,28). The number of hydrogen-bond acceptors (Lipinski definition) is 5. The van der Waals surface area contributed by atoms with Gasteiger partial charge in [-0.25, -0.2) is 0 Å². The number of benzene rings is 1. The van der Waals surface area contributed by atoms with Crippen molar-refractivity contribution in [2.75, 3.05) is 13.7 Å². The van der Waals surface area contributed by atoms with E-state index in [0.29, 0.717) is 23.8 Å². The largest absolute Gasteiger partial charge is 0.496 e. The van der Waals surface area contributed by atoms with E-state index in [1.165, 1.54) is 0 Å². The van der Waals surface area contributed by atoms with E-state index in [-0.39, 0.29) is 18.4 Å². The molecule has 1 N–H and O–H groups in total. The van der Waals surface area contributed by atoms with Gasteiger partial charge in [-0.1, -0.05) is 25.1 Å². The maximum atomic E-state index is 13.7. The molecule has 2 amide bonds. The SMILES string of the molecule is COc1ccccc1C(=O)N1C(C(=O)NCc2cccnc2)COC12CCC(C)CC2. The van der Waals surface area contributed by atoms with Gasteiger partial charge in [0.2, 0.25) is 5.91 Å². The van der Waals surface area contributed by atoms with Gasteiger partial charge in [-0.2, -0.15) is 0 Å². The summed E-state index contributed by atoms with van der Waals surface area (Å²) in [6.07, 6.45) is 6.77. The normalized spacial score (nSPS) is 25.4. The molecule has 1 aliphatic heterocycles. The number of carbonyl (C=O) groups excluding carboxylic acids is 2. The summed E-state index contributed by atoms with van der Waals surface area (Å²) in [7, 11) is 1.54. The Morgan fingerprint density at radius 2 is 2.00 bits per heavy atom. The quantitative estimate of drug-likeness (QED) is 0.799. The molecule has 2 heterocycles. The fraction of sp³-hybridized carbons (Fsp3) is 0.458. The molecule has 1 atom stereocenters. The van der Waals surface area contributed by atoms with Crippen molar-refractivity contribution in [1.29, 1.82) is 0 Å². The van der Waals surface area contributed by atoms with E-state index in [0.717, 1.165) is 31.2 Å². The van der Waals surface area contributed by atoms with Crippen LogP contribution in [0.2, 0.25) is 0 Å². The summed E-state index contributed by atoms with van der Waals surface area (Å²) in [5, 5.41) is 2.95. The van der Waals surface area contributed by atoms with E-state index in [4.69, 9.17) is 9.47 Å². The molecular weight excluding hydrogens is 394 g/mol. The average molecular weight is 424 g/mol. The Morgan fingerprint density at radius 1 is 1.23 bits per heavy atom. The molecule has 1 aromatic carbocycles. The number of rotatable bonds is 5. The molecule has 31 heavy (non-hydrogen) atoms. The molecule has 0 bridgehead atoms. The Bertz CT molecular complexity index is 925. The van der Waals surface area contributed by atoms with Gasteiger partial charge in [-0.05, 0) is 55.4 Å². The van der Waals surface area contributed by atoms with E-state index in [2.05, 4.69) is 17.2 Å². The summed E-state index contributed by atoms with van der Waals surface area (Å²) in [5.41, 5.74) is 0.595. The molecule has 1 saturated carbocycles. The van der Waals surface area contributed by atoms with Crippen molar-refractivity contribution >= 4 is 11.8 Å². The molecule has 7 nitrogen and oxygen atoms in total. The zero-order chi connectivity index (χ0) is 21.8. The van der Waals surface area contributed by atoms with Crippen LogP contribution in [0.3, 0.4) is 0 Å². The van der Waals surface area contributed by atoms with Crippen molar-refractivity contribution < 1.29 is 19.1 Å². The molecule has 2 fully saturated rings. The Labute approximate surface area is 182 Å². The van der Waals surface area contributed by atoms with E-state index in [9.17, 15) is 9.59 Å². The van der Waals surface area contributed by atoms with Crippen molar-refractivity contribution in [3.63, 3.8) is 0 Å². The Morgan fingerprint density at radius 3 is 2.71 bits per heavy atom. The van der Waals surface area contributed by atoms with Gasteiger partial charge in [-0.15, -0.1) is 0 Å². The Kier molecular flexibility index (Phi) is 6.23. The molecular formula is C24H29N3O4. The Hall–Kier alpha value is -2.93. The highest BCUT2D eigenvalue weighted by Crippen LogP contribution is 2.43. The minimum atomic E-state index is -0.749. The highest BCUT2D eigenvalue weighted by atomic mass is 16.5. The lowest BCUT2D eigenvalue weighted by Crippen LogP contribution is -2.56. The van der Waals surface area contributed by atoms with Crippen LogP contribution in [-0.2, 0) is 16.1 Å². The number of nitrogens with zero attached hydrogens (tertiary/aromatic N) is 2. The molecule has 1 unspecified atom stereocenters. The average Bonchev–Trinajstić information content (AvgIpc) is 3.18. The molecule has 2 aliphatic rings. The van der Waals surface area contributed by atoms with E-state index in [1.807, 2.05) is 18.2 Å². The monoisotopic (exact) mass is 423 g/mol. The molecule has 0 radical (unpaired) electrons. The number of methoxy groups -OCH3 is 1. The minimum absolute atomic E-state index is 0.189. The fourth-order valence-electron chi connectivity index (χ4n) is 4.54. The van der Waals surface area contributed by atoms with Crippen LogP contribution in [0.25, 0.3) is 0 Å². The summed E-state index contributed by atoms with van der Waals surface area (Å²) in [6, 6.07) is 10.2. The van der Waals surface area contributed by atoms with E-state index < -0.39 is 11.8 Å². The zero-order valence-corrected chi connectivity index (χ0v) is 18.0. The van der Waals surface area contributed by atoms with Gasteiger partial charge < -0.3 is 14.8 Å². The summed E-state index contributed by atoms with van der Waals surface area (Å²) in [5.74, 6) is 0.623. The molecule has 2 aromatic rings. The maximum absolute atomic E-state index is 13.7. The van der Waals surface area contributed by atoms with Crippen LogP contribution < -0.4 is 10.1 Å². The second-order valence-electron chi connectivity index (χ2n) is 8.41. The lowest BCUT2D eigenvalue weighted by atomic mass is 9.83. The molecule has 1 saturated heterocycles. The van der Waals surface area contributed by atoms with Gasteiger partial charge in [0.05, 0.1) is 19.3 Å². The number of aromatic nitrogens is 1. The first-order valence-corrected chi connectivity index (χ1v) is 10.8. The Balaban J connectivity index is 1.61. The molecule has 7 heteroatoms. The first kappa shape index (κ1) is 21.3. The lowest BCUT2D eigenvalue weighted by Gasteiger charge is -2.43. The van der Waals surface area contributed by atoms with Gasteiger partial charge in [0, 0.05) is 18.9 Å². The predicted octanol–water partition coefficient (Wildman–Crippen LogP) is 3.15. The van der Waals surface area contributed by atoms with Crippen LogP contribution in [-0.4, -0.2) is 47.2 Å². The highest BCUT2D eigenvalue weighted by molar-refractivity contribution is 6.00. The molecule has 164 valence electrons. The number of pyridine rings is 1. The van der Waals surface area contributed by atoms with Crippen LogP contribution >= 0.6 is 0 Å². The lowest BCUT2D eigenvalue weighted by molar-refractivity contribution is -0.128. The van der Waals surface area contributed by atoms with Gasteiger partial charge in [0.15, 0.2) is 0 Å². The van der Waals surface area contributed by atoms with Crippen LogP contribution in [0, 0.1) is 5.92 Å². The van der Waals surface area contributed by atoms with E-state index >= 15 is 0 Å². The third-order valence-electron chi connectivity index (χ3n) is 6.36. The molecule has 4 rings (SSSR count). The van der Waals surface area contributed by atoms with Gasteiger partial charge in [-0.3, -0.25) is 19.5 Å². The van der Waals surface area contributed by atoms with Crippen molar-refractivity contribution in [3.05, 3.63) is 59.9 Å². The third kappa shape index (κ3) is 4.28. The van der Waals surface area contributed by atoms with Crippen molar-refractivity contribution in [2.45, 2.75) is 50.9 Å². The number of ether oxygens (including phenoxy) is 2. The van der Waals surface area contributed by atoms with Gasteiger partial charge in [0.1, 0.15) is 17.5 Å². The zero-order valence-electron chi connectivity index (χ0n) is 18.0. The van der Waals surface area contributed by atoms with Crippen LogP contribution in [0.1, 0.15) is 48.5 Å². The second kappa shape index (κ2) is 9.06. The van der Waals surface area contributed by atoms with Crippen LogP contribution in [0.15, 0.2) is 48.8 Å². The number of hydrogen-bond donors (Lipinski definition) is 1. The minimum Gasteiger partial charge on any atom is -0.496 e. The smallest absolute Gasteiger partial charge is 0.260 e. The molecule has 1 aromatic heterocycles. The van der Waals surface area contributed by atoms with Crippen molar-refractivity contribution in [3.8, 4) is 5.75 Å². The topological polar surface area (TPSA) is 80.8 Å². The van der Waals surface area contributed by atoms with Gasteiger partial charge in [0.25, 0.3) is 5.91 Å². The predicted molar refractivity (Wildman–Crippen MR) is 115 cm³/mol. The van der Waals surface area contributed by atoms with Crippen molar-refractivity contribution in [2.24, 2.45) is 5.92 Å².